The molecule has 0 spiro atoms. The van der Waals surface area contributed by atoms with Crippen molar-refractivity contribution in [3.8, 4) is 0 Å². The van der Waals surface area contributed by atoms with Gasteiger partial charge in [-0.25, -0.2) is 0 Å². The number of hydrogen-bond acceptors (Lipinski definition) is 3. The minimum absolute atomic E-state index is 0.121. The van der Waals surface area contributed by atoms with Crippen molar-refractivity contribution in [2.45, 2.75) is 45.6 Å². The normalized spacial score (nSPS) is 19.1. The average Bonchev–Trinajstić information content (AvgIpc) is 2.45. The van der Waals surface area contributed by atoms with Crippen LogP contribution in [0.15, 0.2) is 12.1 Å². The summed E-state index contributed by atoms with van der Waals surface area (Å²) in [6.45, 7) is 5.41. The highest BCUT2D eigenvalue weighted by molar-refractivity contribution is 5.95. The van der Waals surface area contributed by atoms with Gasteiger partial charge in [-0.1, -0.05) is 0 Å². The Hall–Kier alpha value is -1.42. The summed E-state index contributed by atoms with van der Waals surface area (Å²) in [6, 6.07) is 4.12. The Morgan fingerprint density at radius 2 is 2.20 bits per heavy atom. The molecule has 4 heteroatoms. The third kappa shape index (κ3) is 3.37. The fraction of sp³-hybridized carbons (Fsp3) is 0.625. The van der Waals surface area contributed by atoms with Gasteiger partial charge >= 0.3 is 0 Å². The van der Waals surface area contributed by atoms with Crippen LogP contribution in [0.3, 0.4) is 0 Å². The molecule has 0 bridgehead atoms. The Labute approximate surface area is 121 Å². The zero-order chi connectivity index (χ0) is 14.5. The number of carbonyl (C=O) groups is 1. The van der Waals surface area contributed by atoms with Crippen molar-refractivity contribution in [1.29, 1.82) is 0 Å². The maximum absolute atomic E-state index is 12.8. The Balaban J connectivity index is 2.16. The number of hydrogen-bond donors (Lipinski definition) is 0. The van der Waals surface area contributed by atoms with Crippen LogP contribution in [0.4, 0.5) is 0 Å². The standard InChI is InChI=1S/C16H24N2O2/c1-12-7-8-15(13(2)17-12)16(19)18-10-5-4-6-14(18)9-11-20-3/h7-8,14H,4-6,9-11H2,1-3H3. The fourth-order valence-electron chi connectivity index (χ4n) is 2.89. The predicted molar refractivity (Wildman–Crippen MR) is 78.9 cm³/mol. The van der Waals surface area contributed by atoms with Crippen LogP contribution in [0.5, 0.6) is 0 Å². The monoisotopic (exact) mass is 276 g/mol. The molecule has 1 atom stereocenters. The molecule has 1 saturated heterocycles. The van der Waals surface area contributed by atoms with Gasteiger partial charge in [0.05, 0.1) is 11.3 Å². The van der Waals surface area contributed by atoms with Crippen LogP contribution in [0.2, 0.25) is 0 Å². The lowest BCUT2D eigenvalue weighted by Gasteiger charge is -2.36. The highest BCUT2D eigenvalue weighted by Crippen LogP contribution is 2.23. The summed E-state index contributed by atoms with van der Waals surface area (Å²) in [5.74, 6) is 0.121. The second kappa shape index (κ2) is 6.84. The molecule has 0 aromatic carbocycles. The molecule has 2 heterocycles. The summed E-state index contributed by atoms with van der Waals surface area (Å²) in [4.78, 5) is 19.2. The molecular weight excluding hydrogens is 252 g/mol. The summed E-state index contributed by atoms with van der Waals surface area (Å²) in [7, 11) is 1.71. The van der Waals surface area contributed by atoms with E-state index >= 15 is 0 Å². The minimum atomic E-state index is 0.121. The van der Waals surface area contributed by atoms with Gasteiger partial charge in [-0.15, -0.1) is 0 Å². The van der Waals surface area contributed by atoms with E-state index in [1.54, 1.807) is 7.11 Å². The van der Waals surface area contributed by atoms with Crippen LogP contribution in [0, 0.1) is 13.8 Å². The molecule has 0 aliphatic carbocycles. The summed E-state index contributed by atoms with van der Waals surface area (Å²) < 4.78 is 5.17. The first-order chi connectivity index (χ1) is 9.63. The molecule has 1 aliphatic heterocycles. The highest BCUT2D eigenvalue weighted by Gasteiger charge is 2.28. The summed E-state index contributed by atoms with van der Waals surface area (Å²) in [6.07, 6.45) is 4.28. The maximum atomic E-state index is 12.8. The smallest absolute Gasteiger partial charge is 0.255 e. The highest BCUT2D eigenvalue weighted by atomic mass is 16.5. The molecule has 1 unspecified atom stereocenters. The number of likely N-dealkylation sites (tertiary alicyclic amines) is 1. The van der Waals surface area contributed by atoms with Gasteiger partial charge in [0.15, 0.2) is 0 Å². The predicted octanol–water partition coefficient (Wildman–Crippen LogP) is 2.73. The molecule has 1 aromatic heterocycles. The number of piperidine rings is 1. The van der Waals surface area contributed by atoms with Crippen molar-refractivity contribution in [2.75, 3.05) is 20.3 Å². The summed E-state index contributed by atoms with van der Waals surface area (Å²) in [5.41, 5.74) is 2.51. The lowest BCUT2D eigenvalue weighted by molar-refractivity contribution is 0.0552. The van der Waals surface area contributed by atoms with Crippen LogP contribution >= 0.6 is 0 Å². The van der Waals surface area contributed by atoms with Gasteiger partial charge in [-0.3, -0.25) is 9.78 Å². The Morgan fingerprint density at radius 1 is 1.40 bits per heavy atom. The van der Waals surface area contributed by atoms with E-state index in [2.05, 4.69) is 4.98 Å². The van der Waals surface area contributed by atoms with E-state index in [0.717, 1.165) is 42.8 Å². The van der Waals surface area contributed by atoms with E-state index in [-0.39, 0.29) is 5.91 Å². The van der Waals surface area contributed by atoms with Crippen molar-refractivity contribution in [3.05, 3.63) is 29.1 Å². The number of nitrogens with zero attached hydrogens (tertiary/aromatic N) is 2. The lowest BCUT2D eigenvalue weighted by atomic mass is 9.98. The number of methoxy groups -OCH3 is 1. The topological polar surface area (TPSA) is 42.4 Å². The zero-order valence-corrected chi connectivity index (χ0v) is 12.7. The van der Waals surface area contributed by atoms with Gasteiger partial charge in [-0.2, -0.15) is 0 Å². The molecule has 1 aromatic rings. The second-order valence-corrected chi connectivity index (χ2v) is 5.52. The molecule has 0 N–H and O–H groups in total. The molecule has 1 aliphatic rings. The van der Waals surface area contributed by atoms with Gasteiger partial charge in [0, 0.05) is 32.0 Å². The quantitative estimate of drug-likeness (QED) is 0.849. The van der Waals surface area contributed by atoms with Gasteiger partial charge < -0.3 is 9.64 Å². The molecule has 1 fully saturated rings. The summed E-state index contributed by atoms with van der Waals surface area (Å²) >= 11 is 0. The van der Waals surface area contributed by atoms with E-state index in [9.17, 15) is 4.79 Å². The van der Waals surface area contributed by atoms with E-state index in [1.165, 1.54) is 6.42 Å². The lowest BCUT2D eigenvalue weighted by Crippen LogP contribution is -2.44. The summed E-state index contributed by atoms with van der Waals surface area (Å²) in [5, 5.41) is 0. The van der Waals surface area contributed by atoms with Crippen molar-refractivity contribution >= 4 is 5.91 Å². The average molecular weight is 276 g/mol. The van der Waals surface area contributed by atoms with Crippen LogP contribution < -0.4 is 0 Å². The SMILES string of the molecule is COCCC1CCCCN1C(=O)c1ccc(C)nc1C. The Bertz CT molecular complexity index is 474. The third-order valence-electron chi connectivity index (χ3n) is 4.00. The number of pyridine rings is 1. The first-order valence-corrected chi connectivity index (χ1v) is 7.37. The van der Waals surface area contributed by atoms with Crippen molar-refractivity contribution in [3.63, 3.8) is 0 Å². The van der Waals surface area contributed by atoms with E-state index in [1.807, 2.05) is 30.9 Å². The number of rotatable bonds is 4. The first kappa shape index (κ1) is 15.0. The molecule has 20 heavy (non-hydrogen) atoms. The van der Waals surface area contributed by atoms with E-state index < -0.39 is 0 Å². The van der Waals surface area contributed by atoms with Gasteiger partial charge in [0.25, 0.3) is 5.91 Å². The molecule has 0 saturated carbocycles. The number of ether oxygens (including phenoxy) is 1. The third-order valence-corrected chi connectivity index (χ3v) is 4.00. The largest absolute Gasteiger partial charge is 0.385 e. The maximum Gasteiger partial charge on any atom is 0.255 e. The van der Waals surface area contributed by atoms with Crippen LogP contribution in [0.1, 0.15) is 47.4 Å². The molecule has 0 radical (unpaired) electrons. The molecular formula is C16H24N2O2. The second-order valence-electron chi connectivity index (χ2n) is 5.52. The molecule has 4 nitrogen and oxygen atoms in total. The zero-order valence-electron chi connectivity index (χ0n) is 12.7. The van der Waals surface area contributed by atoms with Gasteiger partial charge in [0.1, 0.15) is 0 Å². The Morgan fingerprint density at radius 3 is 2.90 bits per heavy atom. The molecule has 110 valence electrons. The van der Waals surface area contributed by atoms with Gasteiger partial charge in [0.2, 0.25) is 0 Å². The van der Waals surface area contributed by atoms with Crippen LogP contribution in [-0.2, 0) is 4.74 Å². The number of aromatic nitrogens is 1. The first-order valence-electron chi connectivity index (χ1n) is 7.37. The minimum Gasteiger partial charge on any atom is -0.385 e. The number of aryl methyl sites for hydroxylation is 2. The van der Waals surface area contributed by atoms with E-state index in [0.29, 0.717) is 12.6 Å². The molecule has 2 rings (SSSR count). The van der Waals surface area contributed by atoms with Crippen molar-refractivity contribution in [1.82, 2.24) is 9.88 Å². The van der Waals surface area contributed by atoms with Gasteiger partial charge in [-0.05, 0) is 51.7 Å². The Kier molecular flexibility index (Phi) is 5.12. The van der Waals surface area contributed by atoms with E-state index in [4.69, 9.17) is 4.74 Å². The van der Waals surface area contributed by atoms with Crippen LogP contribution in [0.25, 0.3) is 0 Å². The number of amides is 1. The van der Waals surface area contributed by atoms with Crippen molar-refractivity contribution in [2.24, 2.45) is 0 Å². The number of carbonyl (C=O) groups excluding carboxylic acids is 1. The molecule has 1 amide bonds. The van der Waals surface area contributed by atoms with Crippen LogP contribution in [-0.4, -0.2) is 42.1 Å². The van der Waals surface area contributed by atoms with Crippen molar-refractivity contribution < 1.29 is 9.53 Å². The fourth-order valence-corrected chi connectivity index (χ4v) is 2.89.